The molecule has 6 nitrogen and oxygen atoms in total. The molecule has 13 heavy (non-hydrogen) atoms. The van der Waals surface area contributed by atoms with Crippen LogP contribution in [0.4, 0.5) is 0 Å². The van der Waals surface area contributed by atoms with Crippen LogP contribution in [-0.4, -0.2) is 34.8 Å². The number of aliphatic carboxylic acids is 1. The van der Waals surface area contributed by atoms with Gasteiger partial charge in [0.25, 0.3) is 0 Å². The molecule has 4 N–H and O–H groups in total. The fourth-order valence-electron chi connectivity index (χ4n) is 1.14. The Balaban J connectivity index is 2.72. The summed E-state index contributed by atoms with van der Waals surface area (Å²) in [5.41, 5.74) is -0.171. The van der Waals surface area contributed by atoms with Crippen LogP contribution < -0.4 is 11.0 Å². The second kappa shape index (κ2) is 3.53. The van der Waals surface area contributed by atoms with Gasteiger partial charge in [0.05, 0.1) is 6.04 Å². The van der Waals surface area contributed by atoms with Gasteiger partial charge in [0.15, 0.2) is 11.8 Å². The molecule has 2 atom stereocenters. The molecule has 1 heterocycles. The average Bonchev–Trinajstić information content (AvgIpc) is 2.50. The SMILES string of the molecule is [2H]N([2H])C(C(=O)O)C(=O)[C@@H]1CCC(=O)N1. The number of carbonyl (C=O) groups excluding carboxylic acids is 2. The molecule has 0 aliphatic carbocycles. The highest BCUT2D eigenvalue weighted by Crippen LogP contribution is 2.08. The first-order chi connectivity index (χ1) is 6.93. The molecule has 6 heteroatoms. The molecule has 0 saturated carbocycles. The van der Waals surface area contributed by atoms with Crippen LogP contribution in [0.15, 0.2) is 0 Å². The third kappa shape index (κ3) is 2.03. The van der Waals surface area contributed by atoms with E-state index in [2.05, 4.69) is 5.32 Å². The van der Waals surface area contributed by atoms with Crippen LogP contribution in [0.1, 0.15) is 12.8 Å². The Labute approximate surface area is 77.0 Å². The van der Waals surface area contributed by atoms with E-state index in [0.29, 0.717) is 0 Å². The zero-order valence-corrected chi connectivity index (χ0v) is 6.69. The second-order valence-electron chi connectivity index (χ2n) is 2.80. The number of rotatable bonds is 4. The van der Waals surface area contributed by atoms with Gasteiger partial charge >= 0.3 is 5.97 Å². The normalized spacial score (nSPS) is 26.2. The quantitative estimate of drug-likeness (QED) is 0.453. The monoisotopic (exact) mass is 188 g/mol. The number of nitrogens with two attached hydrogens (primary N) is 1. The van der Waals surface area contributed by atoms with E-state index >= 15 is 0 Å². The van der Waals surface area contributed by atoms with Crippen LogP contribution in [-0.2, 0) is 14.4 Å². The van der Waals surface area contributed by atoms with Crippen molar-refractivity contribution in [2.24, 2.45) is 5.72 Å². The van der Waals surface area contributed by atoms with E-state index in [1.165, 1.54) is 0 Å². The molecule has 0 aromatic rings. The van der Waals surface area contributed by atoms with E-state index in [9.17, 15) is 14.4 Å². The Morgan fingerprint density at radius 3 is 2.85 bits per heavy atom. The summed E-state index contributed by atoms with van der Waals surface area (Å²) in [5.74, 6) is -2.72. The highest BCUT2D eigenvalue weighted by atomic mass is 16.4. The highest BCUT2D eigenvalue weighted by Gasteiger charge is 2.33. The molecule has 1 saturated heterocycles. The van der Waals surface area contributed by atoms with Gasteiger partial charge in [-0.15, -0.1) is 0 Å². The van der Waals surface area contributed by atoms with Gasteiger partial charge in [-0.1, -0.05) is 0 Å². The van der Waals surface area contributed by atoms with Crippen molar-refractivity contribution in [2.75, 3.05) is 0 Å². The molecule has 0 aromatic carbocycles. The summed E-state index contributed by atoms with van der Waals surface area (Å²) in [6.45, 7) is 0. The van der Waals surface area contributed by atoms with Crippen molar-refractivity contribution in [3.8, 4) is 0 Å². The van der Waals surface area contributed by atoms with Gasteiger partial charge in [0, 0.05) is 6.42 Å². The van der Waals surface area contributed by atoms with Crippen molar-refractivity contribution in [3.05, 3.63) is 0 Å². The smallest absolute Gasteiger partial charge is 0.328 e. The van der Waals surface area contributed by atoms with Crippen LogP contribution >= 0.6 is 0 Å². The van der Waals surface area contributed by atoms with Crippen molar-refractivity contribution in [2.45, 2.75) is 24.9 Å². The van der Waals surface area contributed by atoms with Crippen molar-refractivity contribution in [3.63, 3.8) is 0 Å². The molecule has 72 valence electrons. The van der Waals surface area contributed by atoms with E-state index < -0.39 is 23.8 Å². The molecule has 0 bridgehead atoms. The van der Waals surface area contributed by atoms with Crippen molar-refractivity contribution in [1.82, 2.24) is 5.32 Å². The Morgan fingerprint density at radius 1 is 1.77 bits per heavy atom. The molecular weight excluding hydrogens is 176 g/mol. The highest BCUT2D eigenvalue weighted by molar-refractivity contribution is 6.06. The van der Waals surface area contributed by atoms with Gasteiger partial charge in [-0.05, 0) is 6.42 Å². The third-order valence-electron chi connectivity index (χ3n) is 1.84. The van der Waals surface area contributed by atoms with Crippen LogP contribution in [0.2, 0.25) is 2.82 Å². The molecule has 1 aliphatic rings. The molecule has 1 unspecified atom stereocenters. The number of ketones is 1. The number of carbonyl (C=O) groups is 3. The lowest BCUT2D eigenvalue weighted by molar-refractivity contribution is -0.143. The van der Waals surface area contributed by atoms with Gasteiger partial charge in [0.2, 0.25) is 5.91 Å². The molecule has 0 aromatic heterocycles. The third-order valence-corrected chi connectivity index (χ3v) is 1.84. The number of nitrogens with one attached hydrogen (secondary N) is 1. The fourth-order valence-corrected chi connectivity index (χ4v) is 1.14. The molecule has 0 radical (unpaired) electrons. The molecule has 0 spiro atoms. The number of carboxylic acids is 1. The predicted octanol–water partition coefficient (Wildman–Crippen LogP) is -1.75. The molecular formula is C7H10N2O4. The van der Waals surface area contributed by atoms with E-state index in [4.69, 9.17) is 7.93 Å². The van der Waals surface area contributed by atoms with Gasteiger partial charge in [-0.25, -0.2) is 0 Å². The average molecular weight is 188 g/mol. The Morgan fingerprint density at radius 2 is 2.46 bits per heavy atom. The van der Waals surface area contributed by atoms with Crippen LogP contribution in [0.5, 0.6) is 0 Å². The van der Waals surface area contributed by atoms with E-state index in [-0.39, 0.29) is 24.5 Å². The Bertz CT molecular complexity index is 307. The minimum atomic E-state index is -1.85. The lowest BCUT2D eigenvalue weighted by Crippen LogP contribution is -2.48. The summed E-state index contributed by atoms with van der Waals surface area (Å²) < 4.78 is 13.6. The zero-order valence-electron chi connectivity index (χ0n) is 8.69. The maximum atomic E-state index is 11.5. The lowest BCUT2D eigenvalue weighted by atomic mass is 10.0. The lowest BCUT2D eigenvalue weighted by Gasteiger charge is -2.11. The largest absolute Gasteiger partial charge is 0.480 e. The minimum absolute atomic E-state index is 0.165. The van der Waals surface area contributed by atoms with Crippen LogP contribution in [0.3, 0.4) is 0 Å². The fraction of sp³-hybridized carbons (Fsp3) is 0.571. The van der Waals surface area contributed by atoms with Gasteiger partial charge < -0.3 is 16.1 Å². The number of amides is 1. The topological polar surface area (TPSA) is 109 Å². The van der Waals surface area contributed by atoms with E-state index in [1.54, 1.807) is 0 Å². The minimum Gasteiger partial charge on any atom is -0.480 e. The Hall–Kier alpha value is -1.43. The first kappa shape index (κ1) is 7.02. The molecule has 1 rings (SSSR count). The standard InChI is InChI=1S/C7H10N2O4/c8-5(7(12)13)6(11)3-1-2-4(10)9-3/h3,5H,1-2,8H2,(H,9,10)(H,12,13)/t3-,5?/m0/s1/i/hD2. The Kier molecular flexibility index (Phi) is 1.90. The predicted molar refractivity (Wildman–Crippen MR) is 41.8 cm³/mol. The number of Topliss-reactive ketones (excluding diaryl/α,β-unsaturated/α-hetero) is 1. The summed E-state index contributed by atoms with van der Waals surface area (Å²) in [5, 5.41) is 10.9. The summed E-state index contributed by atoms with van der Waals surface area (Å²) in [6, 6.07) is -2.75. The van der Waals surface area contributed by atoms with E-state index in [1.807, 2.05) is 0 Å². The number of carboxylic acid groups (broad SMARTS) is 1. The molecule has 1 aliphatic heterocycles. The first-order valence-electron chi connectivity index (χ1n) is 4.66. The summed E-state index contributed by atoms with van der Waals surface area (Å²) >= 11 is 0. The maximum Gasteiger partial charge on any atom is 0.328 e. The van der Waals surface area contributed by atoms with Crippen molar-refractivity contribution >= 4 is 17.7 Å². The second-order valence-corrected chi connectivity index (χ2v) is 2.80. The first-order valence-corrected chi connectivity index (χ1v) is 3.76. The zero-order chi connectivity index (χ0) is 11.6. The van der Waals surface area contributed by atoms with Gasteiger partial charge in [-0.3, -0.25) is 14.4 Å². The van der Waals surface area contributed by atoms with Crippen LogP contribution in [0, 0.1) is 0 Å². The van der Waals surface area contributed by atoms with Crippen LogP contribution in [0.25, 0.3) is 0 Å². The molecule has 1 amide bonds. The van der Waals surface area contributed by atoms with Crippen molar-refractivity contribution in [1.29, 1.82) is 0 Å². The van der Waals surface area contributed by atoms with E-state index in [0.717, 1.165) is 0 Å². The molecule has 1 fully saturated rings. The number of hydrogen-bond donors (Lipinski definition) is 3. The maximum absolute atomic E-state index is 11.5. The summed E-state index contributed by atoms with van der Waals surface area (Å²) in [6.07, 6.45) is 0.383. The van der Waals surface area contributed by atoms with Gasteiger partial charge in [-0.2, -0.15) is 0 Å². The van der Waals surface area contributed by atoms with Crippen molar-refractivity contribution < 1.29 is 22.3 Å². The number of hydrogen-bond acceptors (Lipinski definition) is 4. The summed E-state index contributed by atoms with van der Waals surface area (Å²) in [7, 11) is 0. The van der Waals surface area contributed by atoms with Gasteiger partial charge in [0.1, 0.15) is 2.82 Å². The summed E-state index contributed by atoms with van der Waals surface area (Å²) in [4.78, 5) is 32.9.